The molecule has 0 saturated carbocycles. The standard InChI is InChI=1S/C9H6F13NO3/c10-4(11,1-2-25-3(24)26-23)5(12,13)6(14,15)7(16,17)8(18,19)9(20,21)22/h1-2,23H2. The van der Waals surface area contributed by atoms with Crippen molar-refractivity contribution in [2.75, 3.05) is 6.61 Å². The van der Waals surface area contributed by atoms with E-state index in [0.717, 1.165) is 0 Å². The molecule has 0 aromatic carbocycles. The number of halogens is 13. The number of carbonyl (C=O) groups excluding carboxylic acids is 1. The van der Waals surface area contributed by atoms with Crippen LogP contribution in [0.4, 0.5) is 61.9 Å². The Labute approximate surface area is 133 Å². The van der Waals surface area contributed by atoms with Crippen molar-refractivity contribution in [1.29, 1.82) is 0 Å². The van der Waals surface area contributed by atoms with Gasteiger partial charge >= 0.3 is 41.9 Å². The summed E-state index contributed by atoms with van der Waals surface area (Å²) in [5.74, 6) is -33.3. The lowest BCUT2D eigenvalue weighted by Crippen LogP contribution is -2.70. The zero-order chi connectivity index (χ0) is 21.4. The monoisotopic (exact) mass is 423 g/mol. The van der Waals surface area contributed by atoms with Gasteiger partial charge in [0.2, 0.25) is 0 Å². The molecule has 17 heteroatoms. The van der Waals surface area contributed by atoms with Crippen LogP contribution in [-0.2, 0) is 9.57 Å². The van der Waals surface area contributed by atoms with Crippen molar-refractivity contribution in [3.8, 4) is 0 Å². The average Bonchev–Trinajstić information content (AvgIpc) is 2.44. The van der Waals surface area contributed by atoms with Gasteiger partial charge in [-0.2, -0.15) is 63.0 Å². The van der Waals surface area contributed by atoms with E-state index in [1.54, 1.807) is 0 Å². The van der Waals surface area contributed by atoms with Gasteiger partial charge in [-0.25, -0.2) is 4.79 Å². The number of hydrogen-bond acceptors (Lipinski definition) is 4. The van der Waals surface area contributed by atoms with Crippen LogP contribution >= 0.6 is 0 Å². The van der Waals surface area contributed by atoms with Gasteiger partial charge in [-0.05, 0) is 0 Å². The Morgan fingerprint density at radius 1 is 0.692 bits per heavy atom. The predicted octanol–water partition coefficient (Wildman–Crippen LogP) is 4.14. The Balaban J connectivity index is 5.81. The van der Waals surface area contributed by atoms with Gasteiger partial charge in [-0.15, -0.1) is 0 Å². The highest BCUT2D eigenvalue weighted by atomic mass is 19.4. The lowest BCUT2D eigenvalue weighted by Gasteiger charge is -2.39. The molecule has 0 aliphatic heterocycles. The van der Waals surface area contributed by atoms with Gasteiger partial charge in [0.15, 0.2) is 0 Å². The summed E-state index contributed by atoms with van der Waals surface area (Å²) in [5, 5.41) is 0. The Kier molecular flexibility index (Phi) is 6.36. The molecule has 0 aromatic heterocycles. The van der Waals surface area contributed by atoms with E-state index in [4.69, 9.17) is 0 Å². The fourth-order valence-corrected chi connectivity index (χ4v) is 1.26. The first-order chi connectivity index (χ1) is 11.2. The average molecular weight is 423 g/mol. The van der Waals surface area contributed by atoms with Crippen molar-refractivity contribution in [1.82, 2.24) is 0 Å². The molecule has 0 atom stereocenters. The third kappa shape index (κ3) is 3.71. The second-order valence-corrected chi connectivity index (χ2v) is 4.47. The topological polar surface area (TPSA) is 61.5 Å². The maximum Gasteiger partial charge on any atom is 0.527 e. The van der Waals surface area contributed by atoms with E-state index < -0.39 is 55.0 Å². The number of alkyl halides is 13. The maximum absolute atomic E-state index is 13.1. The zero-order valence-corrected chi connectivity index (χ0v) is 11.6. The van der Waals surface area contributed by atoms with Crippen LogP contribution in [0.15, 0.2) is 0 Å². The van der Waals surface area contributed by atoms with Crippen LogP contribution in [0.2, 0.25) is 0 Å². The SMILES string of the molecule is NOC(=O)OCCC(F)(F)C(F)(F)C(F)(F)C(F)(F)C(F)(F)C(F)(F)F. The van der Waals surface area contributed by atoms with Crippen LogP contribution in [0.1, 0.15) is 6.42 Å². The third-order valence-corrected chi connectivity index (χ3v) is 2.73. The van der Waals surface area contributed by atoms with E-state index in [9.17, 15) is 61.9 Å². The fourth-order valence-electron chi connectivity index (χ4n) is 1.26. The summed E-state index contributed by atoms with van der Waals surface area (Å²) in [4.78, 5) is 13.4. The molecule has 2 N–H and O–H groups in total. The minimum atomic E-state index is -7.97. The summed E-state index contributed by atoms with van der Waals surface area (Å²) in [5.41, 5.74) is 0. The minimum Gasteiger partial charge on any atom is -0.433 e. The molecule has 0 amide bonds. The molecule has 0 bridgehead atoms. The van der Waals surface area contributed by atoms with Gasteiger partial charge in [0, 0.05) is 0 Å². The van der Waals surface area contributed by atoms with Crippen molar-refractivity contribution >= 4 is 6.16 Å². The second-order valence-electron chi connectivity index (χ2n) is 4.47. The first-order valence-corrected chi connectivity index (χ1v) is 5.70. The first kappa shape index (κ1) is 24.3. The quantitative estimate of drug-likeness (QED) is 0.380. The Bertz CT molecular complexity index is 515. The molecular formula is C9H6F13NO3. The lowest BCUT2D eigenvalue weighted by atomic mass is 9.93. The Hall–Kier alpha value is -1.68. The van der Waals surface area contributed by atoms with Crippen LogP contribution in [0.5, 0.6) is 0 Å². The van der Waals surface area contributed by atoms with Crippen LogP contribution in [-0.4, -0.2) is 48.6 Å². The van der Waals surface area contributed by atoms with Gasteiger partial charge in [0.05, 0.1) is 6.42 Å². The minimum absolute atomic E-state index is 1.92. The molecule has 0 radical (unpaired) electrons. The maximum atomic E-state index is 13.1. The van der Waals surface area contributed by atoms with Gasteiger partial charge in [0.1, 0.15) is 6.61 Å². The molecular weight excluding hydrogens is 417 g/mol. The molecule has 0 aliphatic carbocycles. The van der Waals surface area contributed by atoms with Crippen LogP contribution in [0, 0.1) is 0 Å². The highest BCUT2D eigenvalue weighted by Crippen LogP contribution is 2.60. The Morgan fingerprint density at radius 3 is 1.42 bits per heavy atom. The highest BCUT2D eigenvalue weighted by molar-refractivity contribution is 5.59. The van der Waals surface area contributed by atoms with Gasteiger partial charge in [-0.3, -0.25) is 0 Å². The van der Waals surface area contributed by atoms with E-state index in [1.165, 1.54) is 0 Å². The molecule has 0 aliphatic rings. The fraction of sp³-hybridized carbons (Fsp3) is 0.889. The highest BCUT2D eigenvalue weighted by Gasteiger charge is 2.90. The van der Waals surface area contributed by atoms with Gasteiger partial charge in [0.25, 0.3) is 0 Å². The van der Waals surface area contributed by atoms with Crippen molar-refractivity contribution in [3.63, 3.8) is 0 Å². The summed E-state index contributed by atoms with van der Waals surface area (Å²) in [7, 11) is 0. The van der Waals surface area contributed by atoms with E-state index >= 15 is 0 Å². The number of nitrogens with two attached hydrogens (primary N) is 1. The molecule has 0 fully saturated rings. The number of rotatable bonds is 7. The number of ether oxygens (including phenoxy) is 1. The molecule has 0 rings (SSSR count). The second kappa shape index (κ2) is 6.80. The molecule has 0 heterocycles. The normalized spacial score (nSPS) is 15.0. The van der Waals surface area contributed by atoms with Crippen LogP contribution in [0.3, 0.4) is 0 Å². The molecule has 156 valence electrons. The Morgan fingerprint density at radius 2 is 1.08 bits per heavy atom. The van der Waals surface area contributed by atoms with Crippen LogP contribution in [0.25, 0.3) is 0 Å². The molecule has 26 heavy (non-hydrogen) atoms. The molecule has 0 saturated heterocycles. The zero-order valence-electron chi connectivity index (χ0n) is 11.6. The predicted molar refractivity (Wildman–Crippen MR) is 52.0 cm³/mol. The third-order valence-electron chi connectivity index (χ3n) is 2.73. The number of hydrogen-bond donors (Lipinski definition) is 1. The van der Waals surface area contributed by atoms with E-state index in [0.29, 0.717) is 0 Å². The van der Waals surface area contributed by atoms with E-state index in [-0.39, 0.29) is 0 Å². The van der Waals surface area contributed by atoms with Crippen molar-refractivity contribution in [2.45, 2.75) is 42.2 Å². The summed E-state index contributed by atoms with van der Waals surface area (Å²) >= 11 is 0. The van der Waals surface area contributed by atoms with Gasteiger partial charge < -0.3 is 9.57 Å². The van der Waals surface area contributed by atoms with Crippen molar-refractivity contribution in [2.24, 2.45) is 5.90 Å². The van der Waals surface area contributed by atoms with Gasteiger partial charge in [-0.1, -0.05) is 0 Å². The smallest absolute Gasteiger partial charge is 0.433 e. The molecule has 0 aromatic rings. The molecule has 0 unspecified atom stereocenters. The molecule has 4 nitrogen and oxygen atoms in total. The first-order valence-electron chi connectivity index (χ1n) is 5.70. The summed E-state index contributed by atoms with van der Waals surface area (Å²) < 4.78 is 168. The number of carbonyl (C=O) groups is 1. The van der Waals surface area contributed by atoms with Crippen LogP contribution < -0.4 is 5.90 Å². The largest absolute Gasteiger partial charge is 0.527 e. The summed E-state index contributed by atoms with van der Waals surface area (Å²) in [6, 6.07) is 0. The van der Waals surface area contributed by atoms with E-state index in [1.807, 2.05) is 0 Å². The van der Waals surface area contributed by atoms with E-state index in [2.05, 4.69) is 15.5 Å². The van der Waals surface area contributed by atoms with Crippen molar-refractivity contribution in [3.05, 3.63) is 0 Å². The lowest BCUT2D eigenvalue weighted by molar-refractivity contribution is -0.440. The molecule has 0 spiro atoms. The summed E-state index contributed by atoms with van der Waals surface area (Å²) in [6.07, 6.45) is -12.2. The summed E-state index contributed by atoms with van der Waals surface area (Å²) in [6.45, 7) is -1.92. The van der Waals surface area contributed by atoms with Crippen molar-refractivity contribution < 1.29 is 71.4 Å².